The lowest BCUT2D eigenvalue weighted by atomic mass is 9.72. The molecule has 1 aromatic heterocycles. The molecule has 1 rings (SSSR count). The van der Waals surface area contributed by atoms with Crippen molar-refractivity contribution in [2.24, 2.45) is 0 Å². The van der Waals surface area contributed by atoms with Crippen LogP contribution in [0.2, 0.25) is 0 Å². The van der Waals surface area contributed by atoms with Crippen molar-refractivity contribution < 1.29 is 0 Å². The molecule has 0 fully saturated rings. The van der Waals surface area contributed by atoms with Crippen molar-refractivity contribution in [1.29, 1.82) is 0 Å². The predicted molar refractivity (Wildman–Crippen MR) is 75.2 cm³/mol. The monoisotopic (exact) mass is 234 g/mol. The van der Waals surface area contributed by atoms with Crippen LogP contribution in [-0.4, -0.2) is 4.98 Å². The van der Waals surface area contributed by atoms with Crippen LogP contribution in [0.1, 0.15) is 64.0 Å². The number of hydrogen-bond acceptors (Lipinski definition) is 2. The molecule has 0 spiro atoms. The van der Waals surface area contributed by atoms with Gasteiger partial charge in [0.1, 0.15) is 5.82 Å². The van der Waals surface area contributed by atoms with E-state index in [1.54, 1.807) is 0 Å². The first-order chi connectivity index (χ1) is 8.09. The molecule has 96 valence electrons. The average Bonchev–Trinajstić information content (AvgIpc) is 2.35. The highest BCUT2D eigenvalue weighted by molar-refractivity contribution is 5.41. The number of hydrogen-bond donors (Lipinski definition) is 1. The third-order valence-electron chi connectivity index (χ3n) is 4.09. The van der Waals surface area contributed by atoms with Crippen LogP contribution in [-0.2, 0) is 5.41 Å². The summed E-state index contributed by atoms with van der Waals surface area (Å²) >= 11 is 0. The van der Waals surface area contributed by atoms with Crippen LogP contribution < -0.4 is 5.73 Å². The molecule has 0 aliphatic rings. The van der Waals surface area contributed by atoms with Gasteiger partial charge in [-0.25, -0.2) is 4.98 Å². The number of aryl methyl sites for hydroxylation is 1. The van der Waals surface area contributed by atoms with Crippen molar-refractivity contribution >= 4 is 5.82 Å². The van der Waals surface area contributed by atoms with Crippen LogP contribution in [0.25, 0.3) is 0 Å². The molecule has 2 heteroatoms. The van der Waals surface area contributed by atoms with Gasteiger partial charge in [-0.3, -0.25) is 0 Å². The van der Waals surface area contributed by atoms with Gasteiger partial charge in [0.05, 0.1) is 0 Å². The van der Waals surface area contributed by atoms with E-state index in [1.165, 1.54) is 37.7 Å². The summed E-state index contributed by atoms with van der Waals surface area (Å²) < 4.78 is 0. The lowest BCUT2D eigenvalue weighted by Crippen LogP contribution is -2.25. The fourth-order valence-corrected chi connectivity index (χ4v) is 2.55. The number of nitrogen functional groups attached to an aromatic ring is 1. The average molecular weight is 234 g/mol. The first-order valence-electron chi connectivity index (χ1n) is 6.82. The van der Waals surface area contributed by atoms with Gasteiger partial charge in [-0.2, -0.15) is 0 Å². The number of pyridine rings is 1. The number of nitrogens with two attached hydrogens (primary N) is 1. The van der Waals surface area contributed by atoms with E-state index in [0.29, 0.717) is 11.2 Å². The molecule has 0 aliphatic heterocycles. The van der Waals surface area contributed by atoms with Crippen LogP contribution >= 0.6 is 0 Å². The highest BCUT2D eigenvalue weighted by atomic mass is 14.8. The maximum atomic E-state index is 5.80. The molecule has 0 amide bonds. The molecular formula is C15H26N2. The fraction of sp³-hybridized carbons (Fsp3) is 0.667. The first-order valence-corrected chi connectivity index (χ1v) is 6.82. The van der Waals surface area contributed by atoms with Gasteiger partial charge >= 0.3 is 0 Å². The van der Waals surface area contributed by atoms with E-state index in [4.69, 9.17) is 5.73 Å². The standard InChI is InChI=1S/C15H26N2/c1-5-8-9-15(6-2,7-3)13-10-12(4)14(16)17-11-13/h10-11H,5-9H2,1-4H3,(H2,16,17). The smallest absolute Gasteiger partial charge is 0.126 e. The molecule has 1 heterocycles. The Bertz CT molecular complexity index is 354. The Morgan fingerprint density at radius 1 is 1.24 bits per heavy atom. The summed E-state index contributed by atoms with van der Waals surface area (Å²) in [6.07, 6.45) is 8.11. The van der Waals surface area contributed by atoms with Crippen LogP contribution in [0.5, 0.6) is 0 Å². The molecule has 0 saturated heterocycles. The van der Waals surface area contributed by atoms with Gasteiger partial charge in [0.2, 0.25) is 0 Å². The number of nitrogens with zero attached hydrogens (tertiary/aromatic N) is 1. The van der Waals surface area contributed by atoms with E-state index >= 15 is 0 Å². The Labute approximate surface area is 106 Å². The van der Waals surface area contributed by atoms with Crippen LogP contribution in [0.15, 0.2) is 12.3 Å². The normalized spacial score (nSPS) is 11.8. The Kier molecular flexibility index (Phi) is 4.98. The molecule has 1 aromatic rings. The second-order valence-corrected chi connectivity index (χ2v) is 5.02. The minimum absolute atomic E-state index is 0.293. The Hall–Kier alpha value is -1.05. The molecule has 17 heavy (non-hydrogen) atoms. The highest BCUT2D eigenvalue weighted by Gasteiger charge is 2.28. The summed E-state index contributed by atoms with van der Waals surface area (Å²) in [5, 5.41) is 0. The Balaban J connectivity index is 3.07. The summed E-state index contributed by atoms with van der Waals surface area (Å²) in [4.78, 5) is 4.33. The summed E-state index contributed by atoms with van der Waals surface area (Å²) in [6, 6.07) is 2.23. The SMILES string of the molecule is CCCCC(CC)(CC)c1cnc(N)c(C)c1. The molecule has 2 nitrogen and oxygen atoms in total. The minimum atomic E-state index is 0.293. The molecule has 0 saturated carbocycles. The van der Waals surface area contributed by atoms with Crippen LogP contribution in [0.3, 0.4) is 0 Å². The molecule has 0 aromatic carbocycles. The zero-order valence-electron chi connectivity index (χ0n) is 11.7. The zero-order chi connectivity index (χ0) is 12.9. The molecule has 0 bridgehead atoms. The predicted octanol–water partition coefficient (Wildman–Crippen LogP) is 4.22. The van der Waals surface area contributed by atoms with Gasteiger partial charge in [0.25, 0.3) is 0 Å². The van der Waals surface area contributed by atoms with E-state index in [-0.39, 0.29) is 0 Å². The van der Waals surface area contributed by atoms with E-state index in [0.717, 1.165) is 5.56 Å². The Morgan fingerprint density at radius 2 is 1.88 bits per heavy atom. The maximum Gasteiger partial charge on any atom is 0.126 e. The second kappa shape index (κ2) is 6.04. The molecule has 0 aliphatic carbocycles. The summed E-state index contributed by atoms with van der Waals surface area (Å²) in [5.41, 5.74) is 8.56. The van der Waals surface area contributed by atoms with Crippen molar-refractivity contribution in [3.63, 3.8) is 0 Å². The van der Waals surface area contributed by atoms with Crippen LogP contribution in [0.4, 0.5) is 5.82 Å². The van der Waals surface area contributed by atoms with Gasteiger partial charge in [0.15, 0.2) is 0 Å². The number of unbranched alkanes of at least 4 members (excludes halogenated alkanes) is 1. The number of aromatic nitrogens is 1. The quantitative estimate of drug-likeness (QED) is 0.800. The van der Waals surface area contributed by atoms with Crippen molar-refractivity contribution in [2.75, 3.05) is 5.73 Å². The Morgan fingerprint density at radius 3 is 2.35 bits per heavy atom. The molecule has 0 radical (unpaired) electrons. The third kappa shape index (κ3) is 2.99. The van der Waals surface area contributed by atoms with Gasteiger partial charge in [-0.05, 0) is 42.7 Å². The summed E-state index contributed by atoms with van der Waals surface area (Å²) in [5.74, 6) is 0.658. The topological polar surface area (TPSA) is 38.9 Å². The van der Waals surface area contributed by atoms with Crippen molar-refractivity contribution in [2.45, 2.75) is 65.2 Å². The highest BCUT2D eigenvalue weighted by Crippen LogP contribution is 2.37. The largest absolute Gasteiger partial charge is 0.383 e. The van der Waals surface area contributed by atoms with Crippen molar-refractivity contribution in [1.82, 2.24) is 4.98 Å². The van der Waals surface area contributed by atoms with Crippen LogP contribution in [0, 0.1) is 6.92 Å². The minimum Gasteiger partial charge on any atom is -0.383 e. The molecule has 0 unspecified atom stereocenters. The third-order valence-corrected chi connectivity index (χ3v) is 4.09. The van der Waals surface area contributed by atoms with Crippen molar-refractivity contribution in [3.8, 4) is 0 Å². The summed E-state index contributed by atoms with van der Waals surface area (Å²) in [6.45, 7) is 8.86. The second-order valence-electron chi connectivity index (χ2n) is 5.02. The van der Waals surface area contributed by atoms with E-state index in [1.807, 2.05) is 13.1 Å². The number of rotatable bonds is 6. The van der Waals surface area contributed by atoms with Gasteiger partial charge in [-0.15, -0.1) is 0 Å². The molecular weight excluding hydrogens is 208 g/mol. The lowest BCUT2D eigenvalue weighted by Gasteiger charge is -2.32. The van der Waals surface area contributed by atoms with Gasteiger partial charge < -0.3 is 5.73 Å². The van der Waals surface area contributed by atoms with Crippen molar-refractivity contribution in [3.05, 3.63) is 23.4 Å². The fourth-order valence-electron chi connectivity index (χ4n) is 2.55. The van der Waals surface area contributed by atoms with E-state index < -0.39 is 0 Å². The van der Waals surface area contributed by atoms with Gasteiger partial charge in [0, 0.05) is 6.20 Å². The van der Waals surface area contributed by atoms with Gasteiger partial charge in [-0.1, -0.05) is 39.7 Å². The zero-order valence-corrected chi connectivity index (χ0v) is 11.7. The number of anilines is 1. The summed E-state index contributed by atoms with van der Waals surface area (Å²) in [7, 11) is 0. The van der Waals surface area contributed by atoms with E-state index in [2.05, 4.69) is 31.8 Å². The molecule has 2 N–H and O–H groups in total. The lowest BCUT2D eigenvalue weighted by molar-refractivity contribution is 0.352. The van der Waals surface area contributed by atoms with E-state index in [9.17, 15) is 0 Å². The maximum absolute atomic E-state index is 5.80. The first kappa shape index (κ1) is 14.0. The molecule has 0 atom stereocenters.